The lowest BCUT2D eigenvalue weighted by Crippen LogP contribution is -2.35. The summed E-state index contributed by atoms with van der Waals surface area (Å²) >= 11 is 12.1. The van der Waals surface area contributed by atoms with Gasteiger partial charge in [-0.3, -0.25) is 9.59 Å². The highest BCUT2D eigenvalue weighted by atomic mass is 35.5. The molecule has 0 aromatic heterocycles. The molecule has 1 N–H and O–H groups in total. The van der Waals surface area contributed by atoms with Crippen LogP contribution in [0.5, 0.6) is 5.75 Å². The standard InChI is InChI=1S/C22H22Cl2N2O4/c1-25(2)10-11-26-19(14-6-4-5-7-17(14)30-3)18(21(28)22(26)29)20(27)13-8-9-15(23)16(24)12-13/h4-9,12,19,27H,10-11H2,1-3H3/b20-18+. The number of aliphatic hydroxyl groups excluding tert-OH is 1. The number of nitrogens with zero attached hydrogens (tertiary/aromatic N) is 2. The van der Waals surface area contributed by atoms with Gasteiger partial charge >= 0.3 is 0 Å². The SMILES string of the molecule is COc1ccccc1C1/C(=C(\O)c2ccc(Cl)c(Cl)c2)C(=O)C(=O)N1CCN(C)C. The molecule has 8 heteroatoms. The first kappa shape index (κ1) is 22.2. The lowest BCUT2D eigenvalue weighted by atomic mass is 9.94. The number of carbonyl (C=O) groups excluding carboxylic acids is 2. The minimum absolute atomic E-state index is 0.0124. The summed E-state index contributed by atoms with van der Waals surface area (Å²) in [6, 6.07) is 10.9. The fourth-order valence-corrected chi connectivity index (χ4v) is 3.73. The van der Waals surface area contributed by atoms with Gasteiger partial charge in [-0.25, -0.2) is 0 Å². The first-order valence-corrected chi connectivity index (χ1v) is 10.0. The molecule has 1 aliphatic heterocycles. The summed E-state index contributed by atoms with van der Waals surface area (Å²) in [5, 5.41) is 11.6. The molecule has 158 valence electrons. The Kier molecular flexibility index (Phi) is 6.71. The number of para-hydroxylation sites is 1. The zero-order chi connectivity index (χ0) is 22.0. The Labute approximate surface area is 185 Å². The molecule has 1 unspecified atom stereocenters. The number of Topliss-reactive ketones (excluding diaryl/α,β-unsaturated/α-hetero) is 1. The number of hydrogen-bond donors (Lipinski definition) is 1. The fourth-order valence-electron chi connectivity index (χ4n) is 3.43. The van der Waals surface area contributed by atoms with Crippen LogP contribution in [-0.2, 0) is 9.59 Å². The summed E-state index contributed by atoms with van der Waals surface area (Å²) < 4.78 is 5.47. The molecular formula is C22H22Cl2N2O4. The second-order valence-corrected chi connectivity index (χ2v) is 7.98. The molecule has 6 nitrogen and oxygen atoms in total. The van der Waals surface area contributed by atoms with Gasteiger partial charge in [-0.15, -0.1) is 0 Å². The minimum Gasteiger partial charge on any atom is -0.507 e. The Balaban J connectivity index is 2.21. The van der Waals surface area contributed by atoms with Crippen LogP contribution >= 0.6 is 23.2 Å². The van der Waals surface area contributed by atoms with E-state index in [2.05, 4.69) is 0 Å². The average molecular weight is 449 g/mol. The number of likely N-dealkylation sites (tertiary alicyclic amines) is 1. The van der Waals surface area contributed by atoms with Crippen molar-refractivity contribution in [2.24, 2.45) is 0 Å². The maximum Gasteiger partial charge on any atom is 0.295 e. The van der Waals surface area contributed by atoms with Crippen molar-refractivity contribution in [3.63, 3.8) is 0 Å². The average Bonchev–Trinajstić information content (AvgIpc) is 2.98. The molecule has 2 aromatic rings. The van der Waals surface area contributed by atoms with Gasteiger partial charge in [0.15, 0.2) is 0 Å². The predicted molar refractivity (Wildman–Crippen MR) is 117 cm³/mol. The van der Waals surface area contributed by atoms with E-state index >= 15 is 0 Å². The highest BCUT2D eigenvalue weighted by molar-refractivity contribution is 6.47. The van der Waals surface area contributed by atoms with Crippen LogP contribution in [0.25, 0.3) is 5.76 Å². The monoisotopic (exact) mass is 448 g/mol. The molecule has 1 aliphatic rings. The molecule has 0 aliphatic carbocycles. The number of benzene rings is 2. The number of ketones is 1. The Morgan fingerprint density at radius 1 is 1.13 bits per heavy atom. The summed E-state index contributed by atoms with van der Waals surface area (Å²) in [6.45, 7) is 0.851. The van der Waals surface area contributed by atoms with Crippen molar-refractivity contribution in [2.45, 2.75) is 6.04 Å². The number of ether oxygens (including phenoxy) is 1. The smallest absolute Gasteiger partial charge is 0.295 e. The fraction of sp³-hybridized carbons (Fsp3) is 0.273. The van der Waals surface area contributed by atoms with Crippen molar-refractivity contribution >= 4 is 40.7 Å². The molecule has 1 atom stereocenters. The Hall–Kier alpha value is -2.54. The zero-order valence-corrected chi connectivity index (χ0v) is 18.4. The number of carbonyl (C=O) groups is 2. The van der Waals surface area contributed by atoms with E-state index in [9.17, 15) is 14.7 Å². The van der Waals surface area contributed by atoms with Gasteiger partial charge in [-0.05, 0) is 38.4 Å². The number of halogens is 2. The van der Waals surface area contributed by atoms with E-state index in [0.29, 0.717) is 35.0 Å². The second kappa shape index (κ2) is 9.08. The highest BCUT2D eigenvalue weighted by Gasteiger charge is 2.46. The molecule has 2 aromatic carbocycles. The van der Waals surface area contributed by atoms with Crippen LogP contribution in [0.15, 0.2) is 48.0 Å². The van der Waals surface area contributed by atoms with Crippen LogP contribution in [0.4, 0.5) is 0 Å². The predicted octanol–water partition coefficient (Wildman–Crippen LogP) is 3.99. The van der Waals surface area contributed by atoms with Crippen LogP contribution in [0.3, 0.4) is 0 Å². The normalized spacial score (nSPS) is 18.3. The molecule has 1 heterocycles. The molecule has 1 fully saturated rings. The van der Waals surface area contributed by atoms with E-state index in [1.807, 2.05) is 19.0 Å². The van der Waals surface area contributed by atoms with Gasteiger partial charge in [0.1, 0.15) is 11.5 Å². The van der Waals surface area contributed by atoms with Gasteiger partial charge < -0.3 is 19.6 Å². The Morgan fingerprint density at radius 3 is 2.47 bits per heavy atom. The Morgan fingerprint density at radius 2 is 1.83 bits per heavy atom. The topological polar surface area (TPSA) is 70.1 Å². The lowest BCUT2D eigenvalue weighted by Gasteiger charge is -2.27. The maximum absolute atomic E-state index is 13.0. The number of amides is 1. The molecule has 0 spiro atoms. The summed E-state index contributed by atoms with van der Waals surface area (Å²) in [4.78, 5) is 29.3. The van der Waals surface area contributed by atoms with Gasteiger partial charge in [0.2, 0.25) is 0 Å². The maximum atomic E-state index is 13.0. The molecular weight excluding hydrogens is 427 g/mol. The van der Waals surface area contributed by atoms with Crippen LogP contribution in [0.1, 0.15) is 17.2 Å². The van der Waals surface area contributed by atoms with Gasteiger partial charge in [0.05, 0.1) is 28.8 Å². The van der Waals surface area contributed by atoms with Crippen LogP contribution in [0, 0.1) is 0 Å². The van der Waals surface area contributed by atoms with E-state index < -0.39 is 17.7 Å². The van der Waals surface area contributed by atoms with Crippen molar-refractivity contribution in [1.29, 1.82) is 0 Å². The van der Waals surface area contributed by atoms with Gasteiger partial charge in [0, 0.05) is 24.2 Å². The first-order chi connectivity index (χ1) is 14.3. The van der Waals surface area contributed by atoms with Crippen molar-refractivity contribution in [1.82, 2.24) is 9.80 Å². The molecule has 0 saturated carbocycles. The lowest BCUT2D eigenvalue weighted by molar-refractivity contribution is -0.140. The third kappa shape index (κ3) is 4.17. The van der Waals surface area contributed by atoms with Crippen molar-refractivity contribution in [3.8, 4) is 5.75 Å². The molecule has 1 amide bonds. The zero-order valence-electron chi connectivity index (χ0n) is 16.9. The van der Waals surface area contributed by atoms with Crippen molar-refractivity contribution in [3.05, 3.63) is 69.2 Å². The van der Waals surface area contributed by atoms with Gasteiger partial charge in [-0.2, -0.15) is 0 Å². The van der Waals surface area contributed by atoms with Crippen molar-refractivity contribution < 1.29 is 19.4 Å². The van der Waals surface area contributed by atoms with Crippen LogP contribution in [-0.4, -0.2) is 60.9 Å². The molecule has 3 rings (SSSR count). The third-order valence-electron chi connectivity index (χ3n) is 4.95. The molecule has 1 saturated heterocycles. The summed E-state index contributed by atoms with van der Waals surface area (Å²) in [5.41, 5.74) is 0.899. The summed E-state index contributed by atoms with van der Waals surface area (Å²) in [7, 11) is 5.28. The van der Waals surface area contributed by atoms with E-state index in [0.717, 1.165) is 0 Å². The number of methoxy groups -OCH3 is 1. The van der Waals surface area contributed by atoms with Crippen molar-refractivity contribution in [2.75, 3.05) is 34.3 Å². The summed E-state index contributed by atoms with van der Waals surface area (Å²) in [6.07, 6.45) is 0. The molecule has 0 bridgehead atoms. The van der Waals surface area contributed by atoms with Crippen LogP contribution < -0.4 is 4.74 Å². The highest BCUT2D eigenvalue weighted by Crippen LogP contribution is 2.42. The largest absolute Gasteiger partial charge is 0.507 e. The number of rotatable bonds is 6. The minimum atomic E-state index is -0.796. The number of hydrogen-bond acceptors (Lipinski definition) is 5. The van der Waals surface area contributed by atoms with Gasteiger partial charge in [0.25, 0.3) is 11.7 Å². The van der Waals surface area contributed by atoms with Crippen LogP contribution in [0.2, 0.25) is 10.0 Å². The Bertz CT molecular complexity index is 1020. The number of aliphatic hydroxyl groups is 1. The van der Waals surface area contributed by atoms with E-state index in [4.69, 9.17) is 27.9 Å². The van der Waals surface area contributed by atoms with E-state index in [1.165, 1.54) is 24.1 Å². The molecule has 0 radical (unpaired) electrons. The molecule has 30 heavy (non-hydrogen) atoms. The first-order valence-electron chi connectivity index (χ1n) is 9.27. The van der Waals surface area contributed by atoms with E-state index in [1.54, 1.807) is 30.3 Å². The quantitative estimate of drug-likeness (QED) is 0.411. The summed E-state index contributed by atoms with van der Waals surface area (Å²) in [5.74, 6) is -1.22. The van der Waals surface area contributed by atoms with E-state index in [-0.39, 0.29) is 16.4 Å². The third-order valence-corrected chi connectivity index (χ3v) is 5.69. The number of likely N-dealkylation sites (N-methyl/N-ethyl adjacent to an activating group) is 1. The van der Waals surface area contributed by atoms with Gasteiger partial charge in [-0.1, -0.05) is 41.4 Å². The second-order valence-electron chi connectivity index (χ2n) is 7.17.